The van der Waals surface area contributed by atoms with Crippen LogP contribution in [0.5, 0.6) is 0 Å². The molecule has 0 saturated carbocycles. The topological polar surface area (TPSA) is 111 Å². The number of aliphatic hydroxyl groups is 1. The molecule has 7 heteroatoms. The molecule has 0 aromatic heterocycles. The van der Waals surface area contributed by atoms with E-state index in [9.17, 15) is 14.7 Å². The van der Waals surface area contributed by atoms with E-state index in [2.05, 4.69) is 10.6 Å². The van der Waals surface area contributed by atoms with E-state index in [4.69, 9.17) is 5.21 Å². The van der Waals surface area contributed by atoms with E-state index in [1.54, 1.807) is 0 Å². The van der Waals surface area contributed by atoms with E-state index >= 15 is 0 Å². The molecular weight excluding hydrogens is 298 g/mol. The SMILES string of the molecule is C.C[C@@H](O)[C@H](NC(=O)[C@@H]1CC[C@H](c2ccccc2)N1)C(=O)NO. The molecule has 0 spiro atoms. The summed E-state index contributed by atoms with van der Waals surface area (Å²) in [7, 11) is 0. The molecular formula is C16H25N3O4. The van der Waals surface area contributed by atoms with Gasteiger partial charge in [-0.2, -0.15) is 0 Å². The smallest absolute Gasteiger partial charge is 0.268 e. The van der Waals surface area contributed by atoms with Crippen LogP contribution in [0.1, 0.15) is 38.8 Å². The van der Waals surface area contributed by atoms with Gasteiger partial charge >= 0.3 is 0 Å². The molecule has 1 aromatic carbocycles. The molecule has 1 saturated heterocycles. The van der Waals surface area contributed by atoms with Crippen molar-refractivity contribution in [3.8, 4) is 0 Å². The Morgan fingerprint density at radius 2 is 1.91 bits per heavy atom. The van der Waals surface area contributed by atoms with Crippen LogP contribution >= 0.6 is 0 Å². The van der Waals surface area contributed by atoms with Gasteiger partial charge in [0.1, 0.15) is 6.04 Å². The minimum Gasteiger partial charge on any atom is -0.391 e. The zero-order valence-electron chi connectivity index (χ0n) is 12.3. The first-order valence-corrected chi connectivity index (χ1v) is 7.26. The highest BCUT2D eigenvalue weighted by Gasteiger charge is 2.33. The average molecular weight is 323 g/mol. The van der Waals surface area contributed by atoms with Crippen LogP contribution in [0, 0.1) is 0 Å². The first-order chi connectivity index (χ1) is 10.5. The largest absolute Gasteiger partial charge is 0.391 e. The Morgan fingerprint density at radius 1 is 1.26 bits per heavy atom. The zero-order chi connectivity index (χ0) is 16.1. The molecule has 1 heterocycles. The summed E-state index contributed by atoms with van der Waals surface area (Å²) in [6.45, 7) is 1.37. The van der Waals surface area contributed by atoms with Crippen LogP contribution in [0.15, 0.2) is 30.3 Å². The normalized spacial score (nSPS) is 22.6. The Bertz CT molecular complexity index is 521. The Hall–Kier alpha value is -1.96. The van der Waals surface area contributed by atoms with Crippen molar-refractivity contribution in [1.29, 1.82) is 0 Å². The Labute approximate surface area is 136 Å². The van der Waals surface area contributed by atoms with Crippen molar-refractivity contribution in [2.75, 3.05) is 0 Å². The molecule has 0 unspecified atom stereocenters. The highest BCUT2D eigenvalue weighted by Crippen LogP contribution is 2.26. The average Bonchev–Trinajstić information content (AvgIpc) is 3.02. The molecule has 23 heavy (non-hydrogen) atoms. The van der Waals surface area contributed by atoms with Crippen molar-refractivity contribution in [1.82, 2.24) is 16.1 Å². The summed E-state index contributed by atoms with van der Waals surface area (Å²) in [6.07, 6.45) is 0.342. The number of carbonyl (C=O) groups excluding carboxylic acids is 2. The maximum Gasteiger partial charge on any atom is 0.268 e. The Balaban J connectivity index is 0.00000264. The number of hydrogen-bond acceptors (Lipinski definition) is 5. The molecule has 7 nitrogen and oxygen atoms in total. The van der Waals surface area contributed by atoms with Gasteiger partial charge in [-0.1, -0.05) is 37.8 Å². The molecule has 1 aromatic rings. The summed E-state index contributed by atoms with van der Waals surface area (Å²) in [5, 5.41) is 23.9. The third-order valence-corrected chi connectivity index (χ3v) is 3.84. The summed E-state index contributed by atoms with van der Waals surface area (Å²) in [5.74, 6) is -1.21. The number of rotatable bonds is 5. The van der Waals surface area contributed by atoms with Crippen LogP contribution in [0.4, 0.5) is 0 Å². The summed E-state index contributed by atoms with van der Waals surface area (Å²) in [4.78, 5) is 23.6. The van der Waals surface area contributed by atoms with E-state index in [1.165, 1.54) is 12.4 Å². The number of amides is 2. The van der Waals surface area contributed by atoms with Gasteiger partial charge < -0.3 is 10.4 Å². The van der Waals surface area contributed by atoms with Gasteiger partial charge in [-0.05, 0) is 25.3 Å². The van der Waals surface area contributed by atoms with E-state index < -0.39 is 24.1 Å². The van der Waals surface area contributed by atoms with Crippen LogP contribution in [-0.4, -0.2) is 40.3 Å². The van der Waals surface area contributed by atoms with E-state index in [0.717, 1.165) is 12.0 Å². The monoisotopic (exact) mass is 323 g/mol. The highest BCUT2D eigenvalue weighted by molar-refractivity contribution is 5.89. The number of aliphatic hydroxyl groups excluding tert-OH is 1. The maximum atomic E-state index is 12.2. The van der Waals surface area contributed by atoms with E-state index in [0.29, 0.717) is 6.42 Å². The van der Waals surface area contributed by atoms with Gasteiger partial charge in [0, 0.05) is 6.04 Å². The van der Waals surface area contributed by atoms with Crippen molar-refractivity contribution in [3.05, 3.63) is 35.9 Å². The molecule has 0 radical (unpaired) electrons. The van der Waals surface area contributed by atoms with Crippen molar-refractivity contribution in [2.24, 2.45) is 0 Å². The maximum absolute atomic E-state index is 12.2. The lowest BCUT2D eigenvalue weighted by Gasteiger charge is -2.22. The minimum absolute atomic E-state index is 0. The highest BCUT2D eigenvalue weighted by atomic mass is 16.5. The van der Waals surface area contributed by atoms with Gasteiger partial charge in [-0.25, -0.2) is 5.48 Å². The Morgan fingerprint density at radius 3 is 2.48 bits per heavy atom. The number of carbonyl (C=O) groups is 2. The van der Waals surface area contributed by atoms with Crippen LogP contribution in [0.2, 0.25) is 0 Å². The fraction of sp³-hybridized carbons (Fsp3) is 0.500. The second-order valence-electron chi connectivity index (χ2n) is 5.46. The molecule has 0 aliphatic carbocycles. The van der Waals surface area contributed by atoms with Crippen molar-refractivity contribution >= 4 is 11.8 Å². The molecule has 0 bridgehead atoms. The van der Waals surface area contributed by atoms with Gasteiger partial charge in [0.2, 0.25) is 5.91 Å². The minimum atomic E-state index is -1.19. The summed E-state index contributed by atoms with van der Waals surface area (Å²) in [6, 6.07) is 8.29. The predicted octanol–water partition coefficient (Wildman–Crippen LogP) is 0.487. The number of hydroxylamine groups is 1. The van der Waals surface area contributed by atoms with Gasteiger partial charge in [0.25, 0.3) is 5.91 Å². The van der Waals surface area contributed by atoms with Gasteiger partial charge in [0.15, 0.2) is 0 Å². The van der Waals surface area contributed by atoms with Gasteiger partial charge in [-0.3, -0.25) is 20.1 Å². The Kier molecular flexibility index (Phi) is 7.15. The first kappa shape index (κ1) is 19.1. The molecule has 1 aliphatic heterocycles. The molecule has 5 N–H and O–H groups in total. The lowest BCUT2D eigenvalue weighted by Crippen LogP contribution is -2.55. The van der Waals surface area contributed by atoms with Crippen LogP contribution in [0.3, 0.4) is 0 Å². The fourth-order valence-corrected chi connectivity index (χ4v) is 2.63. The summed E-state index contributed by atoms with van der Waals surface area (Å²) >= 11 is 0. The van der Waals surface area contributed by atoms with Crippen LogP contribution in [-0.2, 0) is 9.59 Å². The molecule has 2 amide bonds. The lowest BCUT2D eigenvalue weighted by atomic mass is 10.1. The van der Waals surface area contributed by atoms with Crippen molar-refractivity contribution in [3.63, 3.8) is 0 Å². The van der Waals surface area contributed by atoms with E-state index in [1.807, 2.05) is 30.3 Å². The molecule has 2 rings (SSSR count). The molecule has 128 valence electrons. The third kappa shape index (κ3) is 4.75. The second-order valence-corrected chi connectivity index (χ2v) is 5.46. The molecule has 4 atom stereocenters. The zero-order valence-corrected chi connectivity index (χ0v) is 12.3. The van der Waals surface area contributed by atoms with Gasteiger partial charge in [0.05, 0.1) is 12.1 Å². The fourth-order valence-electron chi connectivity index (χ4n) is 2.63. The lowest BCUT2D eigenvalue weighted by molar-refractivity contribution is -0.138. The summed E-state index contributed by atoms with van der Waals surface area (Å²) < 4.78 is 0. The summed E-state index contributed by atoms with van der Waals surface area (Å²) in [5.41, 5.74) is 2.55. The molecule has 1 aliphatic rings. The first-order valence-electron chi connectivity index (χ1n) is 7.26. The standard InChI is InChI=1S/C15H21N3O4.CH4/c1-9(19)13(15(21)18-22)17-14(20)12-8-7-11(16-12)10-5-3-2-4-6-10;/h2-6,9,11-13,16,19,22H,7-8H2,1H3,(H,17,20)(H,18,21);1H4/t9-,11-,12+,13+;/m1./s1. The third-order valence-electron chi connectivity index (χ3n) is 3.84. The number of hydrogen-bond donors (Lipinski definition) is 5. The predicted molar refractivity (Wildman–Crippen MR) is 85.6 cm³/mol. The van der Waals surface area contributed by atoms with Crippen LogP contribution in [0.25, 0.3) is 0 Å². The van der Waals surface area contributed by atoms with Gasteiger partial charge in [-0.15, -0.1) is 0 Å². The van der Waals surface area contributed by atoms with Crippen LogP contribution < -0.4 is 16.1 Å². The number of nitrogens with one attached hydrogen (secondary N) is 3. The van der Waals surface area contributed by atoms with Crippen molar-refractivity contribution in [2.45, 2.75) is 51.4 Å². The van der Waals surface area contributed by atoms with Crippen molar-refractivity contribution < 1.29 is 19.9 Å². The quantitative estimate of drug-likeness (QED) is 0.400. The number of benzene rings is 1. The second kappa shape index (κ2) is 8.61. The van der Waals surface area contributed by atoms with E-state index in [-0.39, 0.29) is 19.4 Å². The molecule has 1 fully saturated rings.